The minimum atomic E-state index is 0.772. The van der Waals surface area contributed by atoms with Gasteiger partial charge < -0.3 is 10.1 Å². The Balaban J connectivity index is 1.37. The van der Waals surface area contributed by atoms with Gasteiger partial charge in [-0.3, -0.25) is 0 Å². The van der Waals surface area contributed by atoms with Gasteiger partial charge in [0.05, 0.1) is 0 Å². The van der Waals surface area contributed by atoms with Gasteiger partial charge in [0.25, 0.3) is 0 Å². The fourth-order valence-electron chi connectivity index (χ4n) is 2.70. The molecule has 0 amide bonds. The zero-order chi connectivity index (χ0) is 13.1. The average Bonchev–Trinajstić information content (AvgIpc) is 3.32. The summed E-state index contributed by atoms with van der Waals surface area (Å²) in [5.41, 5.74) is 0. The third-order valence-corrected chi connectivity index (χ3v) is 4.81. The van der Waals surface area contributed by atoms with Gasteiger partial charge in [0, 0.05) is 17.5 Å². The molecule has 0 spiro atoms. The van der Waals surface area contributed by atoms with Crippen LogP contribution in [-0.2, 0) is 0 Å². The summed E-state index contributed by atoms with van der Waals surface area (Å²) in [4.78, 5) is 1.29. The Labute approximate surface area is 120 Å². The van der Waals surface area contributed by atoms with Crippen LogP contribution in [0.1, 0.15) is 25.7 Å². The predicted molar refractivity (Wildman–Crippen MR) is 81.0 cm³/mol. The van der Waals surface area contributed by atoms with Crippen LogP contribution in [-0.4, -0.2) is 25.4 Å². The molecular weight excluding hydrogens is 254 g/mol. The second kappa shape index (κ2) is 6.19. The maximum atomic E-state index is 5.78. The third kappa shape index (κ3) is 3.90. The highest BCUT2D eigenvalue weighted by Gasteiger charge is 2.40. The molecule has 1 aromatic rings. The maximum Gasteiger partial charge on any atom is 0.119 e. The molecule has 0 bridgehead atoms. The molecule has 1 N–H and O–H groups in total. The quantitative estimate of drug-likeness (QED) is 0.580. The Morgan fingerprint density at radius 2 is 1.79 bits per heavy atom. The van der Waals surface area contributed by atoms with E-state index in [2.05, 4.69) is 35.8 Å². The van der Waals surface area contributed by atoms with Gasteiger partial charge in [-0.1, -0.05) is 0 Å². The molecule has 0 aliphatic heterocycles. The van der Waals surface area contributed by atoms with Crippen LogP contribution < -0.4 is 10.1 Å². The number of hydrogen-bond acceptors (Lipinski definition) is 3. The van der Waals surface area contributed by atoms with Gasteiger partial charge >= 0.3 is 0 Å². The Morgan fingerprint density at radius 3 is 2.32 bits per heavy atom. The molecule has 2 aliphatic rings. The summed E-state index contributed by atoms with van der Waals surface area (Å²) in [5.74, 6) is 2.91. The first-order valence-corrected chi connectivity index (χ1v) is 8.59. The molecule has 2 aliphatic carbocycles. The van der Waals surface area contributed by atoms with Gasteiger partial charge in [-0.2, -0.15) is 0 Å². The zero-order valence-corrected chi connectivity index (χ0v) is 12.4. The highest BCUT2D eigenvalue weighted by Crippen LogP contribution is 2.44. The Morgan fingerprint density at radius 1 is 1.16 bits per heavy atom. The predicted octanol–water partition coefficient (Wildman–Crippen LogP) is 3.57. The van der Waals surface area contributed by atoms with E-state index in [1.165, 1.54) is 30.6 Å². The summed E-state index contributed by atoms with van der Waals surface area (Å²) in [6.07, 6.45) is 7.84. The van der Waals surface area contributed by atoms with Crippen LogP contribution >= 0.6 is 11.8 Å². The second-order valence-electron chi connectivity index (χ2n) is 5.68. The summed E-state index contributed by atoms with van der Waals surface area (Å²) in [6.45, 7) is 1.75. The van der Waals surface area contributed by atoms with E-state index < -0.39 is 0 Å². The van der Waals surface area contributed by atoms with Gasteiger partial charge in [0.2, 0.25) is 0 Å². The molecule has 2 fully saturated rings. The third-order valence-electron chi connectivity index (χ3n) is 4.07. The largest absolute Gasteiger partial charge is 0.492 e. The van der Waals surface area contributed by atoms with Crippen molar-refractivity contribution >= 4 is 11.8 Å². The molecule has 19 heavy (non-hydrogen) atoms. The molecule has 104 valence electrons. The Kier molecular flexibility index (Phi) is 4.34. The lowest BCUT2D eigenvalue weighted by molar-refractivity contribution is 0.293. The molecular formula is C16H23NOS. The van der Waals surface area contributed by atoms with E-state index in [1.54, 1.807) is 11.8 Å². The van der Waals surface area contributed by atoms with Crippen molar-refractivity contribution in [3.63, 3.8) is 0 Å². The van der Waals surface area contributed by atoms with Crippen molar-refractivity contribution in [1.29, 1.82) is 0 Å². The van der Waals surface area contributed by atoms with Gasteiger partial charge in [-0.25, -0.2) is 0 Å². The van der Waals surface area contributed by atoms with Crippen molar-refractivity contribution in [1.82, 2.24) is 5.32 Å². The van der Waals surface area contributed by atoms with Crippen molar-refractivity contribution in [3.05, 3.63) is 24.3 Å². The standard InChI is InChI=1S/C16H23NOS/c1-19-15-8-6-14(7-9-15)18-11-10-17-16(12-2-3-12)13-4-5-13/h6-9,12-13,16-17H,2-5,10-11H2,1H3. The molecule has 0 radical (unpaired) electrons. The smallest absolute Gasteiger partial charge is 0.119 e. The number of benzene rings is 1. The van der Waals surface area contributed by atoms with E-state index in [1.807, 2.05) is 0 Å². The molecule has 1 aromatic carbocycles. The summed E-state index contributed by atoms with van der Waals surface area (Å²) < 4.78 is 5.78. The van der Waals surface area contributed by atoms with E-state index in [4.69, 9.17) is 4.74 Å². The van der Waals surface area contributed by atoms with Crippen LogP contribution in [0.15, 0.2) is 29.2 Å². The number of rotatable bonds is 8. The van der Waals surface area contributed by atoms with Crippen molar-refractivity contribution in [3.8, 4) is 5.75 Å². The molecule has 3 rings (SSSR count). The normalized spacial score (nSPS) is 18.8. The minimum Gasteiger partial charge on any atom is -0.492 e. The lowest BCUT2D eigenvalue weighted by Crippen LogP contribution is -2.36. The monoisotopic (exact) mass is 277 g/mol. The SMILES string of the molecule is CSc1ccc(OCCNC(C2CC2)C2CC2)cc1. The molecule has 0 heterocycles. The first kappa shape index (κ1) is 13.3. The van der Waals surface area contributed by atoms with Gasteiger partial charge in [0.15, 0.2) is 0 Å². The average molecular weight is 277 g/mol. The summed E-state index contributed by atoms with van der Waals surface area (Å²) >= 11 is 1.76. The van der Waals surface area contributed by atoms with Crippen LogP contribution in [0.2, 0.25) is 0 Å². The summed E-state index contributed by atoms with van der Waals surface area (Å²) in [5, 5.41) is 3.71. The first-order chi connectivity index (χ1) is 9.36. The topological polar surface area (TPSA) is 21.3 Å². The highest BCUT2D eigenvalue weighted by molar-refractivity contribution is 7.98. The van der Waals surface area contributed by atoms with E-state index in [-0.39, 0.29) is 0 Å². The van der Waals surface area contributed by atoms with Crippen molar-refractivity contribution in [2.75, 3.05) is 19.4 Å². The van der Waals surface area contributed by atoms with Gasteiger partial charge in [-0.05, 0) is 68.0 Å². The Bertz CT molecular complexity index is 386. The second-order valence-corrected chi connectivity index (χ2v) is 6.56. The Hall–Kier alpha value is -0.670. The van der Waals surface area contributed by atoms with Crippen molar-refractivity contribution in [2.24, 2.45) is 11.8 Å². The number of hydrogen-bond donors (Lipinski definition) is 1. The zero-order valence-electron chi connectivity index (χ0n) is 11.6. The molecule has 0 aromatic heterocycles. The number of ether oxygens (including phenoxy) is 1. The van der Waals surface area contributed by atoms with E-state index in [0.717, 1.165) is 36.8 Å². The summed E-state index contributed by atoms with van der Waals surface area (Å²) in [6, 6.07) is 9.13. The number of thioether (sulfide) groups is 1. The van der Waals surface area contributed by atoms with Crippen LogP contribution in [0.4, 0.5) is 0 Å². The van der Waals surface area contributed by atoms with Crippen LogP contribution in [0.3, 0.4) is 0 Å². The fraction of sp³-hybridized carbons (Fsp3) is 0.625. The fourth-order valence-corrected chi connectivity index (χ4v) is 3.10. The minimum absolute atomic E-state index is 0.772. The van der Waals surface area contributed by atoms with Crippen LogP contribution in [0.5, 0.6) is 5.75 Å². The van der Waals surface area contributed by atoms with Crippen molar-refractivity contribution in [2.45, 2.75) is 36.6 Å². The van der Waals surface area contributed by atoms with E-state index in [0.29, 0.717) is 0 Å². The molecule has 2 nitrogen and oxygen atoms in total. The lowest BCUT2D eigenvalue weighted by atomic mass is 10.1. The van der Waals surface area contributed by atoms with E-state index >= 15 is 0 Å². The van der Waals surface area contributed by atoms with E-state index in [9.17, 15) is 0 Å². The maximum absolute atomic E-state index is 5.78. The van der Waals surface area contributed by atoms with Crippen molar-refractivity contribution < 1.29 is 4.74 Å². The lowest BCUT2D eigenvalue weighted by Gasteiger charge is -2.17. The van der Waals surface area contributed by atoms with Gasteiger partial charge in [-0.15, -0.1) is 11.8 Å². The van der Waals surface area contributed by atoms with Crippen LogP contribution in [0.25, 0.3) is 0 Å². The van der Waals surface area contributed by atoms with Gasteiger partial charge in [0.1, 0.15) is 12.4 Å². The molecule has 3 heteroatoms. The molecule has 0 saturated heterocycles. The molecule has 2 saturated carbocycles. The highest BCUT2D eigenvalue weighted by atomic mass is 32.2. The van der Waals surface area contributed by atoms with Crippen LogP contribution in [0, 0.1) is 11.8 Å². The number of nitrogens with one attached hydrogen (secondary N) is 1. The molecule has 0 unspecified atom stereocenters. The summed E-state index contributed by atoms with van der Waals surface area (Å²) in [7, 11) is 0. The molecule has 0 atom stereocenters. The first-order valence-electron chi connectivity index (χ1n) is 7.37.